The number of hydrogen-bond donors (Lipinski definition) is 1. The molecule has 0 aliphatic carbocycles. The zero-order valence-corrected chi connectivity index (χ0v) is 12.2. The average molecular weight is 283 g/mol. The Labute approximate surface area is 118 Å². The lowest BCUT2D eigenvalue weighted by atomic mass is 10.2. The van der Waals surface area contributed by atoms with E-state index in [1.165, 1.54) is 6.92 Å². The highest BCUT2D eigenvalue weighted by molar-refractivity contribution is 6.30. The Morgan fingerprint density at radius 3 is 2.32 bits per heavy atom. The van der Waals surface area contributed by atoms with Crippen molar-refractivity contribution < 1.29 is 9.59 Å². The predicted octanol–water partition coefficient (Wildman–Crippen LogP) is 2.61. The van der Waals surface area contributed by atoms with Gasteiger partial charge in [-0.25, -0.2) is 0 Å². The third-order valence-electron chi connectivity index (χ3n) is 2.53. The van der Waals surface area contributed by atoms with E-state index in [9.17, 15) is 9.59 Å². The van der Waals surface area contributed by atoms with E-state index in [1.807, 2.05) is 13.8 Å². The van der Waals surface area contributed by atoms with Gasteiger partial charge >= 0.3 is 0 Å². The van der Waals surface area contributed by atoms with Gasteiger partial charge in [-0.3, -0.25) is 9.59 Å². The first-order valence-electron chi connectivity index (χ1n) is 6.23. The maximum atomic E-state index is 11.6. The lowest BCUT2D eigenvalue weighted by molar-refractivity contribution is -0.121. The molecule has 0 unspecified atom stereocenters. The van der Waals surface area contributed by atoms with Crippen LogP contribution in [0.15, 0.2) is 24.3 Å². The molecular weight excluding hydrogens is 264 g/mol. The second-order valence-corrected chi connectivity index (χ2v) is 5.06. The van der Waals surface area contributed by atoms with Crippen molar-refractivity contribution in [2.24, 2.45) is 0 Å². The van der Waals surface area contributed by atoms with Crippen molar-refractivity contribution in [2.75, 3.05) is 11.4 Å². The zero-order chi connectivity index (χ0) is 14.4. The number of nitrogens with zero attached hydrogens (tertiary/aromatic N) is 1. The van der Waals surface area contributed by atoms with E-state index in [2.05, 4.69) is 5.32 Å². The molecule has 1 rings (SSSR count). The van der Waals surface area contributed by atoms with Crippen LogP contribution >= 0.6 is 11.6 Å². The van der Waals surface area contributed by atoms with Crippen LogP contribution in [0, 0.1) is 0 Å². The highest BCUT2D eigenvalue weighted by atomic mass is 35.5. The molecule has 1 aromatic carbocycles. The Hall–Kier alpha value is -1.55. The molecule has 5 heteroatoms. The first kappa shape index (κ1) is 15.5. The van der Waals surface area contributed by atoms with Crippen molar-refractivity contribution in [3.05, 3.63) is 29.3 Å². The Kier molecular flexibility index (Phi) is 5.83. The maximum absolute atomic E-state index is 11.6. The van der Waals surface area contributed by atoms with Crippen molar-refractivity contribution in [1.82, 2.24) is 5.32 Å². The molecule has 0 saturated carbocycles. The number of rotatable bonds is 5. The summed E-state index contributed by atoms with van der Waals surface area (Å²) in [6.07, 6.45) is 0.278. The van der Waals surface area contributed by atoms with Gasteiger partial charge in [0.15, 0.2) is 0 Å². The van der Waals surface area contributed by atoms with Gasteiger partial charge in [-0.15, -0.1) is 0 Å². The fourth-order valence-corrected chi connectivity index (χ4v) is 1.82. The first-order chi connectivity index (χ1) is 8.90. The molecule has 0 bridgehead atoms. The summed E-state index contributed by atoms with van der Waals surface area (Å²) in [4.78, 5) is 24.8. The summed E-state index contributed by atoms with van der Waals surface area (Å²) >= 11 is 5.81. The second kappa shape index (κ2) is 7.14. The largest absolute Gasteiger partial charge is 0.354 e. The molecule has 0 heterocycles. The van der Waals surface area contributed by atoms with Crippen molar-refractivity contribution in [1.29, 1.82) is 0 Å². The van der Waals surface area contributed by atoms with E-state index in [1.54, 1.807) is 29.2 Å². The van der Waals surface area contributed by atoms with E-state index in [0.29, 0.717) is 11.6 Å². The molecule has 0 aliphatic rings. The van der Waals surface area contributed by atoms with Gasteiger partial charge in [0.05, 0.1) is 0 Å². The quantitative estimate of drug-likeness (QED) is 0.902. The molecule has 0 saturated heterocycles. The number of nitrogens with one attached hydrogen (secondary N) is 1. The smallest absolute Gasteiger partial charge is 0.223 e. The van der Waals surface area contributed by atoms with Crippen LogP contribution < -0.4 is 10.2 Å². The summed E-state index contributed by atoms with van der Waals surface area (Å²) in [6, 6.07) is 7.09. The number of carbonyl (C=O) groups excluding carboxylic acids is 2. The second-order valence-electron chi connectivity index (χ2n) is 4.62. The van der Waals surface area contributed by atoms with Crippen LogP contribution in [-0.4, -0.2) is 24.4 Å². The highest BCUT2D eigenvalue weighted by Crippen LogP contribution is 2.18. The molecule has 0 aliphatic heterocycles. The summed E-state index contributed by atoms with van der Waals surface area (Å²) in [7, 11) is 0. The topological polar surface area (TPSA) is 49.4 Å². The first-order valence-corrected chi connectivity index (χ1v) is 6.61. The van der Waals surface area contributed by atoms with Crippen molar-refractivity contribution >= 4 is 29.1 Å². The third kappa shape index (κ3) is 5.30. The highest BCUT2D eigenvalue weighted by Gasteiger charge is 2.13. The molecule has 19 heavy (non-hydrogen) atoms. The van der Waals surface area contributed by atoms with Gasteiger partial charge in [0.1, 0.15) is 0 Å². The van der Waals surface area contributed by atoms with E-state index >= 15 is 0 Å². The van der Waals surface area contributed by atoms with Crippen LogP contribution in [0.1, 0.15) is 27.2 Å². The van der Waals surface area contributed by atoms with Crippen molar-refractivity contribution in [3.8, 4) is 0 Å². The minimum atomic E-state index is -0.0975. The Bertz CT molecular complexity index is 443. The summed E-state index contributed by atoms with van der Waals surface area (Å²) < 4.78 is 0. The molecular formula is C14H19ClN2O2. The number of benzene rings is 1. The molecule has 0 aromatic heterocycles. The normalized spacial score (nSPS) is 10.4. The standard InChI is InChI=1S/C14H19ClN2O2/c1-10(2)16-14(19)8-9-17(11(3)18)13-6-4-12(15)5-7-13/h4-7,10H,8-9H2,1-3H3,(H,16,19). The number of halogens is 1. The Morgan fingerprint density at radius 1 is 1.26 bits per heavy atom. The van der Waals surface area contributed by atoms with Crippen LogP contribution in [0.5, 0.6) is 0 Å². The van der Waals surface area contributed by atoms with Crippen LogP contribution in [-0.2, 0) is 9.59 Å². The lowest BCUT2D eigenvalue weighted by Crippen LogP contribution is -2.36. The molecule has 104 valence electrons. The lowest BCUT2D eigenvalue weighted by Gasteiger charge is -2.21. The van der Waals surface area contributed by atoms with E-state index in [4.69, 9.17) is 11.6 Å². The summed E-state index contributed by atoms with van der Waals surface area (Å²) in [5.74, 6) is -0.158. The fraction of sp³-hybridized carbons (Fsp3) is 0.429. The molecule has 0 fully saturated rings. The van der Waals surface area contributed by atoms with Gasteiger partial charge in [0.2, 0.25) is 11.8 Å². The van der Waals surface area contributed by atoms with Gasteiger partial charge < -0.3 is 10.2 Å². The number of anilines is 1. The van der Waals surface area contributed by atoms with E-state index in [0.717, 1.165) is 5.69 Å². The number of carbonyl (C=O) groups is 2. The Morgan fingerprint density at radius 2 is 1.84 bits per heavy atom. The van der Waals surface area contributed by atoms with E-state index < -0.39 is 0 Å². The molecule has 1 aromatic rings. The summed E-state index contributed by atoms with van der Waals surface area (Å²) in [6.45, 7) is 5.64. The molecule has 4 nitrogen and oxygen atoms in total. The third-order valence-corrected chi connectivity index (χ3v) is 2.78. The minimum Gasteiger partial charge on any atom is -0.354 e. The van der Waals surface area contributed by atoms with Gasteiger partial charge in [-0.1, -0.05) is 11.6 Å². The Balaban J connectivity index is 2.66. The molecule has 0 radical (unpaired) electrons. The molecule has 1 N–H and O–H groups in total. The average Bonchev–Trinajstić information content (AvgIpc) is 2.30. The van der Waals surface area contributed by atoms with Crippen LogP contribution in [0.4, 0.5) is 5.69 Å². The summed E-state index contributed by atoms with van der Waals surface area (Å²) in [5.41, 5.74) is 0.745. The van der Waals surface area contributed by atoms with Crippen molar-refractivity contribution in [2.45, 2.75) is 33.2 Å². The van der Waals surface area contributed by atoms with Crippen LogP contribution in [0.3, 0.4) is 0 Å². The SMILES string of the molecule is CC(=O)N(CCC(=O)NC(C)C)c1ccc(Cl)cc1. The maximum Gasteiger partial charge on any atom is 0.223 e. The van der Waals surface area contributed by atoms with E-state index in [-0.39, 0.29) is 24.3 Å². The van der Waals surface area contributed by atoms with Gasteiger partial charge in [0, 0.05) is 36.6 Å². The summed E-state index contributed by atoms with van der Waals surface area (Å²) in [5, 5.41) is 3.42. The van der Waals surface area contributed by atoms with Crippen molar-refractivity contribution in [3.63, 3.8) is 0 Å². The van der Waals surface area contributed by atoms with Gasteiger partial charge in [-0.05, 0) is 38.1 Å². The van der Waals surface area contributed by atoms with Gasteiger partial charge in [-0.2, -0.15) is 0 Å². The molecule has 2 amide bonds. The zero-order valence-electron chi connectivity index (χ0n) is 11.4. The van der Waals surface area contributed by atoms with Crippen LogP contribution in [0.2, 0.25) is 5.02 Å². The molecule has 0 spiro atoms. The number of hydrogen-bond acceptors (Lipinski definition) is 2. The van der Waals surface area contributed by atoms with Gasteiger partial charge in [0.25, 0.3) is 0 Å². The minimum absolute atomic E-state index is 0.0600. The number of amides is 2. The molecule has 0 atom stereocenters. The fourth-order valence-electron chi connectivity index (χ4n) is 1.70. The monoisotopic (exact) mass is 282 g/mol. The van der Waals surface area contributed by atoms with Crippen LogP contribution in [0.25, 0.3) is 0 Å². The predicted molar refractivity (Wildman–Crippen MR) is 77.4 cm³/mol.